The number of carbonyl (C=O) groups excluding carboxylic acids is 1. The summed E-state index contributed by atoms with van der Waals surface area (Å²) in [5.74, 6) is -0.208. The van der Waals surface area contributed by atoms with E-state index in [1.54, 1.807) is 42.5 Å². The molecule has 0 radical (unpaired) electrons. The standard InChI is InChI=1S/C23H30Cl2N2O3S/c1-22(2,3)15-23(4,5)26-21(28)16-10-12-17(13-11-16)27(31(6,29)30)14-18-19(24)8-7-9-20(18)25/h7-13H,14-15H2,1-6H3,(H,26,28). The van der Waals surface area contributed by atoms with Crippen LogP contribution >= 0.6 is 23.2 Å². The highest BCUT2D eigenvalue weighted by molar-refractivity contribution is 7.92. The zero-order valence-electron chi connectivity index (χ0n) is 18.8. The van der Waals surface area contributed by atoms with Gasteiger partial charge in [0.2, 0.25) is 10.0 Å². The molecule has 0 aliphatic carbocycles. The highest BCUT2D eigenvalue weighted by Crippen LogP contribution is 2.30. The van der Waals surface area contributed by atoms with Crippen molar-refractivity contribution in [3.05, 3.63) is 63.6 Å². The summed E-state index contributed by atoms with van der Waals surface area (Å²) >= 11 is 12.5. The van der Waals surface area contributed by atoms with Crippen LogP contribution in [0.2, 0.25) is 10.0 Å². The van der Waals surface area contributed by atoms with Crippen LogP contribution in [-0.4, -0.2) is 26.1 Å². The molecule has 0 bridgehead atoms. The molecule has 0 fully saturated rings. The first kappa shape index (κ1) is 25.5. The Labute approximate surface area is 195 Å². The topological polar surface area (TPSA) is 66.5 Å². The number of carbonyl (C=O) groups is 1. The largest absolute Gasteiger partial charge is 0.347 e. The van der Waals surface area contributed by atoms with Gasteiger partial charge in [-0.3, -0.25) is 9.10 Å². The van der Waals surface area contributed by atoms with Crippen LogP contribution in [0.3, 0.4) is 0 Å². The second kappa shape index (κ2) is 9.39. The fourth-order valence-corrected chi connectivity index (χ4v) is 5.14. The zero-order valence-corrected chi connectivity index (χ0v) is 21.1. The Morgan fingerprint density at radius 3 is 1.94 bits per heavy atom. The average molecular weight is 485 g/mol. The number of nitrogens with one attached hydrogen (secondary N) is 1. The summed E-state index contributed by atoms with van der Waals surface area (Å²) in [6, 6.07) is 11.5. The molecule has 170 valence electrons. The predicted octanol–water partition coefficient (Wildman–Crippen LogP) is 5.90. The van der Waals surface area contributed by atoms with E-state index in [1.165, 1.54) is 4.31 Å². The van der Waals surface area contributed by atoms with Gasteiger partial charge in [-0.2, -0.15) is 0 Å². The lowest BCUT2D eigenvalue weighted by atomic mass is 9.81. The lowest BCUT2D eigenvalue weighted by Gasteiger charge is -2.33. The van der Waals surface area contributed by atoms with E-state index in [9.17, 15) is 13.2 Å². The molecular weight excluding hydrogens is 455 g/mol. The van der Waals surface area contributed by atoms with E-state index < -0.39 is 10.0 Å². The van der Waals surface area contributed by atoms with Crippen LogP contribution < -0.4 is 9.62 Å². The molecule has 1 N–H and O–H groups in total. The summed E-state index contributed by atoms with van der Waals surface area (Å²) in [6.45, 7) is 10.3. The number of benzene rings is 2. The third-order valence-corrected chi connectivity index (χ3v) is 6.45. The minimum absolute atomic E-state index is 0.0124. The average Bonchev–Trinajstić information content (AvgIpc) is 2.58. The van der Waals surface area contributed by atoms with Crippen molar-refractivity contribution in [3.63, 3.8) is 0 Å². The highest BCUT2D eigenvalue weighted by atomic mass is 35.5. The summed E-state index contributed by atoms with van der Waals surface area (Å²) in [6.07, 6.45) is 1.93. The minimum atomic E-state index is -3.62. The molecule has 2 aromatic rings. The monoisotopic (exact) mass is 484 g/mol. The molecule has 2 rings (SSSR count). The molecule has 2 aromatic carbocycles. The number of hydrogen-bond acceptors (Lipinski definition) is 3. The normalized spacial score (nSPS) is 12.5. The van der Waals surface area contributed by atoms with Gasteiger partial charge in [0, 0.05) is 26.7 Å². The van der Waals surface area contributed by atoms with Crippen LogP contribution in [0, 0.1) is 5.41 Å². The Morgan fingerprint density at radius 1 is 0.968 bits per heavy atom. The lowest BCUT2D eigenvalue weighted by Crippen LogP contribution is -2.45. The van der Waals surface area contributed by atoms with Gasteiger partial charge in [-0.15, -0.1) is 0 Å². The Bertz CT molecular complexity index is 1020. The first-order chi connectivity index (χ1) is 14.1. The van der Waals surface area contributed by atoms with Crippen molar-refractivity contribution >= 4 is 44.8 Å². The summed E-state index contributed by atoms with van der Waals surface area (Å²) in [7, 11) is -3.62. The number of hydrogen-bond donors (Lipinski definition) is 1. The van der Waals surface area contributed by atoms with Crippen molar-refractivity contribution in [2.75, 3.05) is 10.6 Å². The Morgan fingerprint density at radius 2 is 1.48 bits per heavy atom. The van der Waals surface area contributed by atoms with Gasteiger partial charge >= 0.3 is 0 Å². The Balaban J connectivity index is 2.27. The molecule has 0 saturated heterocycles. The quantitative estimate of drug-likeness (QED) is 0.531. The number of sulfonamides is 1. The molecule has 1 amide bonds. The van der Waals surface area contributed by atoms with E-state index in [4.69, 9.17) is 23.2 Å². The maximum absolute atomic E-state index is 12.7. The van der Waals surface area contributed by atoms with E-state index in [2.05, 4.69) is 26.1 Å². The molecule has 0 saturated carbocycles. The molecular formula is C23H30Cl2N2O3S. The van der Waals surface area contributed by atoms with Crippen LogP contribution in [0.4, 0.5) is 5.69 Å². The maximum Gasteiger partial charge on any atom is 0.251 e. The Kier molecular flexibility index (Phi) is 7.72. The molecule has 0 spiro atoms. The van der Waals surface area contributed by atoms with E-state index >= 15 is 0 Å². The van der Waals surface area contributed by atoms with Crippen LogP contribution in [0.5, 0.6) is 0 Å². The predicted molar refractivity (Wildman–Crippen MR) is 130 cm³/mol. The van der Waals surface area contributed by atoms with Gasteiger partial charge in [0.15, 0.2) is 0 Å². The highest BCUT2D eigenvalue weighted by Gasteiger charge is 2.27. The first-order valence-electron chi connectivity index (χ1n) is 9.92. The van der Waals surface area contributed by atoms with Gasteiger partial charge in [-0.05, 0) is 62.1 Å². The van der Waals surface area contributed by atoms with Crippen molar-refractivity contribution < 1.29 is 13.2 Å². The first-order valence-corrected chi connectivity index (χ1v) is 12.5. The van der Waals surface area contributed by atoms with Gasteiger partial charge in [-0.1, -0.05) is 50.0 Å². The van der Waals surface area contributed by atoms with Crippen molar-refractivity contribution in [2.24, 2.45) is 5.41 Å². The van der Waals surface area contributed by atoms with Crippen LogP contribution in [0.15, 0.2) is 42.5 Å². The number of rotatable bonds is 7. The molecule has 0 aromatic heterocycles. The fourth-order valence-electron chi connectivity index (χ4n) is 3.76. The SMILES string of the molecule is CC(C)(C)CC(C)(C)NC(=O)c1ccc(N(Cc2c(Cl)cccc2Cl)S(C)(=O)=O)cc1. The summed E-state index contributed by atoms with van der Waals surface area (Å²) in [5.41, 5.74) is 1.07. The summed E-state index contributed by atoms with van der Waals surface area (Å²) in [5, 5.41) is 3.83. The lowest BCUT2D eigenvalue weighted by molar-refractivity contribution is 0.0891. The second-order valence-electron chi connectivity index (χ2n) is 9.59. The fraction of sp³-hybridized carbons (Fsp3) is 0.435. The number of nitrogens with zero attached hydrogens (tertiary/aromatic N) is 1. The summed E-state index contributed by atoms with van der Waals surface area (Å²) < 4.78 is 26.1. The molecule has 31 heavy (non-hydrogen) atoms. The van der Waals surface area contributed by atoms with E-state index in [0.717, 1.165) is 12.7 Å². The van der Waals surface area contributed by atoms with E-state index in [1.807, 2.05) is 13.8 Å². The molecule has 0 aliphatic heterocycles. The third kappa shape index (κ3) is 7.41. The number of amides is 1. The van der Waals surface area contributed by atoms with Crippen molar-refractivity contribution in [1.82, 2.24) is 5.32 Å². The third-order valence-electron chi connectivity index (χ3n) is 4.61. The van der Waals surface area contributed by atoms with Gasteiger partial charge in [-0.25, -0.2) is 8.42 Å². The zero-order chi connectivity index (χ0) is 23.6. The number of halogens is 2. The van der Waals surface area contributed by atoms with E-state index in [0.29, 0.717) is 26.9 Å². The van der Waals surface area contributed by atoms with Gasteiger partial charge in [0.05, 0.1) is 18.5 Å². The molecule has 5 nitrogen and oxygen atoms in total. The van der Waals surface area contributed by atoms with Gasteiger partial charge < -0.3 is 5.32 Å². The molecule has 0 heterocycles. The number of anilines is 1. The molecule has 0 atom stereocenters. The molecule has 0 aliphatic rings. The van der Waals surface area contributed by atoms with Crippen LogP contribution in [0.25, 0.3) is 0 Å². The van der Waals surface area contributed by atoms with E-state index in [-0.39, 0.29) is 23.4 Å². The molecule has 8 heteroatoms. The summed E-state index contributed by atoms with van der Waals surface area (Å²) in [4.78, 5) is 12.7. The molecule has 0 unspecified atom stereocenters. The Hall–Kier alpha value is -1.76. The second-order valence-corrected chi connectivity index (χ2v) is 12.3. The van der Waals surface area contributed by atoms with Crippen molar-refractivity contribution in [2.45, 2.75) is 53.1 Å². The van der Waals surface area contributed by atoms with Gasteiger partial charge in [0.1, 0.15) is 0 Å². The van der Waals surface area contributed by atoms with Crippen molar-refractivity contribution in [3.8, 4) is 0 Å². The smallest absolute Gasteiger partial charge is 0.251 e. The van der Waals surface area contributed by atoms with Crippen LogP contribution in [0.1, 0.15) is 57.0 Å². The minimum Gasteiger partial charge on any atom is -0.347 e. The maximum atomic E-state index is 12.7. The van der Waals surface area contributed by atoms with Crippen molar-refractivity contribution in [1.29, 1.82) is 0 Å². The van der Waals surface area contributed by atoms with Gasteiger partial charge in [0.25, 0.3) is 5.91 Å². The van der Waals surface area contributed by atoms with Crippen LogP contribution in [-0.2, 0) is 16.6 Å².